The molecule has 0 spiro atoms. The van der Waals surface area contributed by atoms with Crippen LogP contribution in [0, 0.1) is 0 Å². The molecule has 0 fully saturated rings. The summed E-state index contributed by atoms with van der Waals surface area (Å²) in [4.78, 5) is 30.2. The van der Waals surface area contributed by atoms with Crippen LogP contribution >= 0.6 is 34.7 Å². The molecule has 0 saturated carbocycles. The maximum Gasteiger partial charge on any atom is 0.377 e. The van der Waals surface area contributed by atoms with Gasteiger partial charge in [0.05, 0.1) is 17.7 Å². The summed E-state index contributed by atoms with van der Waals surface area (Å²) in [6.45, 7) is 0. The first-order valence-corrected chi connectivity index (χ1v) is 9.88. The fourth-order valence-corrected chi connectivity index (χ4v) is 5.57. The van der Waals surface area contributed by atoms with Gasteiger partial charge in [0.25, 0.3) is 0 Å². The third-order valence-corrected chi connectivity index (χ3v) is 6.70. The van der Waals surface area contributed by atoms with E-state index in [0.717, 1.165) is 4.88 Å². The molecule has 1 aliphatic heterocycles. The topological polar surface area (TPSA) is 76.1 Å². The summed E-state index contributed by atoms with van der Waals surface area (Å²) in [5, 5.41) is 10.4. The largest absolute Gasteiger partial charge is 0.475 e. The van der Waals surface area contributed by atoms with Crippen LogP contribution < -0.4 is 10.1 Å². The van der Waals surface area contributed by atoms with Crippen LogP contribution in [0.1, 0.15) is 21.4 Å². The number of thiazole rings is 1. The molecule has 1 aromatic carbocycles. The predicted octanol–water partition coefficient (Wildman–Crippen LogP) is 2.84. The number of hydrogen-bond acceptors (Lipinski definition) is 5. The zero-order chi connectivity index (χ0) is 18.4. The summed E-state index contributed by atoms with van der Waals surface area (Å²) in [6, 6.07) is 8.67. The summed E-state index contributed by atoms with van der Waals surface area (Å²) in [5.74, 6) is -0.504. The lowest BCUT2D eigenvalue weighted by atomic mass is 10.0. The summed E-state index contributed by atoms with van der Waals surface area (Å²) in [6.07, 6.45) is 1.67. The number of carbonyl (C=O) groups is 1. The van der Waals surface area contributed by atoms with E-state index in [-0.39, 0.29) is 22.9 Å². The highest BCUT2D eigenvalue weighted by Crippen LogP contribution is 2.38. The third-order valence-electron chi connectivity index (χ3n) is 4.27. The molecule has 3 heterocycles. The quantitative estimate of drug-likeness (QED) is 0.534. The van der Waals surface area contributed by atoms with Crippen molar-refractivity contribution in [2.75, 3.05) is 5.75 Å². The number of fused-ring (bicyclic) bond motifs is 1. The lowest BCUT2D eigenvalue weighted by molar-refractivity contribution is -0.717. The molecule has 0 saturated heterocycles. The molecule has 0 amide bonds. The van der Waals surface area contributed by atoms with Crippen LogP contribution in [0.2, 0.25) is 4.47 Å². The average Bonchev–Trinajstić information content (AvgIpc) is 3.24. The lowest BCUT2D eigenvalue weighted by Crippen LogP contribution is -2.46. The monoisotopic (exact) mass is 406 g/mol. The molecule has 3 aromatic rings. The van der Waals surface area contributed by atoms with Crippen molar-refractivity contribution in [2.45, 2.75) is 11.2 Å². The first kappa shape index (κ1) is 17.3. The van der Waals surface area contributed by atoms with Crippen LogP contribution in [0.15, 0.2) is 46.5 Å². The highest BCUT2D eigenvalue weighted by atomic mass is 35.5. The molecule has 132 valence electrons. The van der Waals surface area contributed by atoms with Crippen molar-refractivity contribution in [3.8, 4) is 11.1 Å². The van der Waals surface area contributed by atoms with Crippen LogP contribution in [-0.4, -0.2) is 26.4 Å². The molecule has 0 radical (unpaired) electrons. The molecule has 0 unspecified atom stereocenters. The van der Waals surface area contributed by atoms with Gasteiger partial charge in [-0.05, 0) is 17.3 Å². The van der Waals surface area contributed by atoms with Crippen molar-refractivity contribution < 1.29 is 14.5 Å². The Morgan fingerprint density at radius 2 is 2.12 bits per heavy atom. The van der Waals surface area contributed by atoms with E-state index >= 15 is 0 Å². The Hall–Kier alpha value is -2.16. The van der Waals surface area contributed by atoms with E-state index in [9.17, 15) is 14.7 Å². The van der Waals surface area contributed by atoms with E-state index in [1.807, 2.05) is 6.07 Å². The number of nitrogens with zero attached hydrogens (tertiary/aromatic N) is 3. The Kier molecular flexibility index (Phi) is 4.34. The number of halogens is 1. The van der Waals surface area contributed by atoms with E-state index in [4.69, 9.17) is 11.6 Å². The molecule has 6 nitrogen and oxygen atoms in total. The number of hydrogen-bond donors (Lipinski definition) is 1. The molecule has 9 heteroatoms. The number of aromatic carboxylic acids is 1. The standard InChI is InChI=1S/C17H12ClN3O3S2/c1-20-13(15(23)24)12(9-5-3-2-4-6-9)14(22)21-10(8-25-17(20)21)11-7-19-16(18)26-11/h2-7,10H,8H2,1H3/p+1/t10-/m1/s1. The van der Waals surface area contributed by atoms with E-state index in [1.54, 1.807) is 46.6 Å². The Balaban J connectivity index is 2.03. The summed E-state index contributed by atoms with van der Waals surface area (Å²) < 4.78 is 3.66. The summed E-state index contributed by atoms with van der Waals surface area (Å²) in [5.41, 5.74) is 0.440. The van der Waals surface area contributed by atoms with Gasteiger partial charge in [-0.3, -0.25) is 0 Å². The van der Waals surface area contributed by atoms with Crippen LogP contribution in [0.5, 0.6) is 0 Å². The molecular weight excluding hydrogens is 394 g/mol. The van der Waals surface area contributed by atoms with E-state index in [0.29, 0.717) is 20.9 Å². The van der Waals surface area contributed by atoms with Crippen LogP contribution in [0.3, 0.4) is 0 Å². The van der Waals surface area contributed by atoms with Gasteiger partial charge in [0.2, 0.25) is 5.69 Å². The number of carboxylic acid groups (broad SMARTS) is 1. The molecule has 2 aromatic heterocycles. The van der Waals surface area contributed by atoms with Crippen LogP contribution in [0.25, 0.3) is 11.1 Å². The minimum atomic E-state index is -1.13. The molecular formula is C17H13ClN3O3S2+. The first-order chi connectivity index (χ1) is 12.5. The van der Waals surface area contributed by atoms with Crippen molar-refractivity contribution in [2.24, 2.45) is 7.05 Å². The van der Waals surface area contributed by atoms with Gasteiger partial charge in [0.1, 0.15) is 5.56 Å². The number of aromatic nitrogens is 3. The van der Waals surface area contributed by atoms with Crippen molar-refractivity contribution in [3.05, 3.63) is 61.9 Å². The van der Waals surface area contributed by atoms with Crippen LogP contribution in [-0.2, 0) is 7.05 Å². The Morgan fingerprint density at radius 1 is 1.38 bits per heavy atom. The molecule has 0 aliphatic carbocycles. The second-order valence-corrected chi connectivity index (χ2v) is 8.39. The molecule has 26 heavy (non-hydrogen) atoms. The SMILES string of the molecule is C[n+]1c(C(=O)O)c(-c2ccccc2)c(=O)n2c1SC[C@@H]2c1cnc(Cl)s1. The summed E-state index contributed by atoms with van der Waals surface area (Å²) >= 11 is 8.75. The molecule has 1 atom stereocenters. The first-order valence-electron chi connectivity index (χ1n) is 7.70. The zero-order valence-electron chi connectivity index (χ0n) is 13.5. The van der Waals surface area contributed by atoms with Gasteiger partial charge in [-0.15, -0.1) is 11.3 Å². The molecule has 4 rings (SSSR count). The number of carboxylic acids is 1. The highest BCUT2D eigenvalue weighted by molar-refractivity contribution is 7.99. The van der Waals surface area contributed by atoms with Gasteiger partial charge in [-0.1, -0.05) is 41.9 Å². The smallest absolute Gasteiger partial charge is 0.377 e. The molecule has 1 N–H and O–H groups in total. The fraction of sp³-hybridized carbons (Fsp3) is 0.176. The zero-order valence-corrected chi connectivity index (χ0v) is 15.9. The van der Waals surface area contributed by atoms with Crippen molar-refractivity contribution in [3.63, 3.8) is 0 Å². The molecule has 1 aliphatic rings. The molecule has 0 bridgehead atoms. The van der Waals surface area contributed by atoms with Gasteiger partial charge in [-0.2, -0.15) is 4.57 Å². The Morgan fingerprint density at radius 3 is 2.73 bits per heavy atom. The van der Waals surface area contributed by atoms with E-state index < -0.39 is 5.97 Å². The van der Waals surface area contributed by atoms with Crippen molar-refractivity contribution in [1.82, 2.24) is 9.55 Å². The minimum Gasteiger partial charge on any atom is -0.475 e. The second-order valence-electron chi connectivity index (χ2n) is 5.75. The van der Waals surface area contributed by atoms with Crippen molar-refractivity contribution in [1.29, 1.82) is 0 Å². The van der Waals surface area contributed by atoms with Crippen molar-refractivity contribution >= 4 is 40.7 Å². The van der Waals surface area contributed by atoms with Gasteiger partial charge in [0, 0.05) is 6.20 Å². The van der Waals surface area contributed by atoms with Gasteiger partial charge in [-0.25, -0.2) is 19.1 Å². The fourth-order valence-electron chi connectivity index (χ4n) is 3.15. The predicted molar refractivity (Wildman–Crippen MR) is 100 cm³/mol. The van der Waals surface area contributed by atoms with E-state index in [1.165, 1.54) is 23.1 Å². The maximum absolute atomic E-state index is 13.4. The van der Waals surface area contributed by atoms with Gasteiger partial charge < -0.3 is 5.11 Å². The maximum atomic E-state index is 13.4. The number of thioether (sulfide) groups is 1. The number of rotatable bonds is 3. The third kappa shape index (κ3) is 2.65. The summed E-state index contributed by atoms with van der Waals surface area (Å²) in [7, 11) is 1.68. The van der Waals surface area contributed by atoms with Gasteiger partial charge in [0.15, 0.2) is 10.5 Å². The Bertz CT molecular complexity index is 1080. The number of benzene rings is 1. The van der Waals surface area contributed by atoms with Crippen LogP contribution in [0.4, 0.5) is 0 Å². The average molecular weight is 407 g/mol. The lowest BCUT2D eigenvalue weighted by Gasteiger charge is -2.11. The van der Waals surface area contributed by atoms with Gasteiger partial charge >= 0.3 is 16.7 Å². The normalized spacial score (nSPS) is 15.8. The second kappa shape index (κ2) is 6.53. The Labute approximate surface area is 161 Å². The van der Waals surface area contributed by atoms with E-state index in [2.05, 4.69) is 4.98 Å². The minimum absolute atomic E-state index is 0.0112. The highest BCUT2D eigenvalue weighted by Gasteiger charge is 2.40.